The van der Waals surface area contributed by atoms with Crippen LogP contribution in [-0.2, 0) is 6.54 Å². The van der Waals surface area contributed by atoms with Gasteiger partial charge in [-0.25, -0.2) is 0 Å². The van der Waals surface area contributed by atoms with Gasteiger partial charge in [0.2, 0.25) is 0 Å². The second-order valence-electron chi connectivity index (χ2n) is 3.80. The number of hydrogen-bond donors (Lipinski definition) is 2. The molecule has 1 rings (SSSR count). The van der Waals surface area contributed by atoms with Crippen LogP contribution in [-0.4, -0.2) is 29.8 Å². The summed E-state index contributed by atoms with van der Waals surface area (Å²) >= 11 is 1.88. The van der Waals surface area contributed by atoms with Crippen LogP contribution >= 0.6 is 11.8 Å². The lowest BCUT2D eigenvalue weighted by molar-refractivity contribution is 0.296. The van der Waals surface area contributed by atoms with Crippen molar-refractivity contribution in [3.8, 4) is 0 Å². The molecule has 0 unspecified atom stereocenters. The van der Waals surface area contributed by atoms with E-state index in [1.165, 1.54) is 5.56 Å². The van der Waals surface area contributed by atoms with Crippen molar-refractivity contribution in [3.05, 3.63) is 23.2 Å². The lowest BCUT2D eigenvalue weighted by Gasteiger charge is -2.03. The van der Waals surface area contributed by atoms with E-state index < -0.39 is 0 Å². The fourth-order valence-corrected chi connectivity index (χ4v) is 2.32. The summed E-state index contributed by atoms with van der Waals surface area (Å²) in [6.45, 7) is 6.15. The Bertz CT molecular complexity index is 299. The van der Waals surface area contributed by atoms with Crippen molar-refractivity contribution < 1.29 is 9.52 Å². The lowest BCUT2D eigenvalue weighted by Crippen LogP contribution is -2.16. The van der Waals surface area contributed by atoms with Gasteiger partial charge in [-0.2, -0.15) is 11.8 Å². The third-order valence-corrected chi connectivity index (χ3v) is 3.40. The lowest BCUT2D eigenvalue weighted by atomic mass is 10.2. The third-order valence-electron chi connectivity index (χ3n) is 2.33. The van der Waals surface area contributed by atoms with Gasteiger partial charge in [-0.1, -0.05) is 0 Å². The molecule has 0 aromatic carbocycles. The molecule has 0 saturated carbocycles. The van der Waals surface area contributed by atoms with Crippen LogP contribution < -0.4 is 5.32 Å². The first-order valence-corrected chi connectivity index (χ1v) is 6.84. The van der Waals surface area contributed by atoms with Crippen molar-refractivity contribution in [2.24, 2.45) is 0 Å². The molecule has 92 valence electrons. The highest BCUT2D eigenvalue weighted by molar-refractivity contribution is 7.99. The molecule has 0 amide bonds. The zero-order valence-corrected chi connectivity index (χ0v) is 10.9. The van der Waals surface area contributed by atoms with Gasteiger partial charge in [-0.05, 0) is 32.1 Å². The van der Waals surface area contributed by atoms with E-state index in [2.05, 4.69) is 11.4 Å². The fourth-order valence-electron chi connectivity index (χ4n) is 1.50. The number of aliphatic hydroxyl groups is 1. The van der Waals surface area contributed by atoms with Gasteiger partial charge >= 0.3 is 0 Å². The number of aliphatic hydroxyl groups excluding tert-OH is 1. The summed E-state index contributed by atoms with van der Waals surface area (Å²) in [6, 6.07) is 2.08. The molecule has 0 spiro atoms. The molecule has 0 bridgehead atoms. The maximum Gasteiger partial charge on any atom is 0.105 e. The molecule has 1 aromatic heterocycles. The molecule has 1 heterocycles. The first-order chi connectivity index (χ1) is 7.74. The Morgan fingerprint density at radius 1 is 1.38 bits per heavy atom. The Kier molecular flexibility index (Phi) is 6.61. The monoisotopic (exact) mass is 243 g/mol. The molecule has 0 fully saturated rings. The minimum Gasteiger partial charge on any atom is -0.466 e. The van der Waals surface area contributed by atoms with Crippen molar-refractivity contribution in [1.29, 1.82) is 0 Å². The van der Waals surface area contributed by atoms with Gasteiger partial charge < -0.3 is 14.8 Å². The normalized spacial score (nSPS) is 10.9. The van der Waals surface area contributed by atoms with Gasteiger partial charge in [-0.3, -0.25) is 0 Å². The molecule has 3 nitrogen and oxygen atoms in total. The van der Waals surface area contributed by atoms with Crippen molar-refractivity contribution in [2.75, 3.05) is 24.7 Å². The second kappa shape index (κ2) is 7.76. The van der Waals surface area contributed by atoms with Crippen LogP contribution in [0, 0.1) is 13.8 Å². The quantitative estimate of drug-likeness (QED) is 0.686. The SMILES string of the molecule is Cc1cc(CNCCSCCCO)c(C)o1. The highest BCUT2D eigenvalue weighted by Crippen LogP contribution is 2.13. The van der Waals surface area contributed by atoms with Crippen LogP contribution in [0.4, 0.5) is 0 Å². The van der Waals surface area contributed by atoms with Crippen LogP contribution in [0.5, 0.6) is 0 Å². The predicted octanol–water partition coefficient (Wildman–Crippen LogP) is 2.10. The Hall–Kier alpha value is -0.450. The number of aryl methyl sites for hydroxylation is 2. The number of nitrogens with one attached hydrogen (secondary N) is 1. The Morgan fingerprint density at radius 2 is 2.19 bits per heavy atom. The van der Waals surface area contributed by atoms with Crippen LogP contribution in [0.1, 0.15) is 23.5 Å². The Labute approximate surface area is 102 Å². The highest BCUT2D eigenvalue weighted by atomic mass is 32.2. The van der Waals surface area contributed by atoms with E-state index in [9.17, 15) is 0 Å². The predicted molar refractivity (Wildman–Crippen MR) is 68.9 cm³/mol. The summed E-state index contributed by atoms with van der Waals surface area (Å²) < 4.78 is 5.45. The molecule has 16 heavy (non-hydrogen) atoms. The average Bonchev–Trinajstić information content (AvgIpc) is 2.56. The van der Waals surface area contributed by atoms with Crippen LogP contribution in [0.15, 0.2) is 10.5 Å². The molecule has 0 saturated heterocycles. The molecule has 0 atom stereocenters. The molecular weight excluding hydrogens is 222 g/mol. The van der Waals surface area contributed by atoms with E-state index in [1.54, 1.807) is 0 Å². The second-order valence-corrected chi connectivity index (χ2v) is 5.03. The van der Waals surface area contributed by atoms with Gasteiger partial charge in [0, 0.05) is 31.0 Å². The maximum absolute atomic E-state index is 8.61. The molecule has 0 radical (unpaired) electrons. The van der Waals surface area contributed by atoms with E-state index in [-0.39, 0.29) is 0 Å². The standard InChI is InChI=1S/C12H21NO2S/c1-10-8-12(11(2)15-10)9-13-4-7-16-6-3-5-14/h8,13-14H,3-7,9H2,1-2H3. The zero-order chi connectivity index (χ0) is 11.8. The van der Waals surface area contributed by atoms with Crippen LogP contribution in [0.25, 0.3) is 0 Å². The summed E-state index contributed by atoms with van der Waals surface area (Å²) in [4.78, 5) is 0. The summed E-state index contributed by atoms with van der Waals surface area (Å²) in [5.41, 5.74) is 1.25. The minimum absolute atomic E-state index is 0.300. The van der Waals surface area contributed by atoms with Crippen molar-refractivity contribution in [1.82, 2.24) is 5.32 Å². The largest absolute Gasteiger partial charge is 0.466 e. The van der Waals surface area contributed by atoms with E-state index in [1.807, 2.05) is 25.6 Å². The first-order valence-electron chi connectivity index (χ1n) is 5.69. The molecule has 4 heteroatoms. The summed E-state index contributed by atoms with van der Waals surface area (Å²) in [5, 5.41) is 12.0. The van der Waals surface area contributed by atoms with E-state index in [4.69, 9.17) is 9.52 Å². The number of furan rings is 1. The van der Waals surface area contributed by atoms with Gasteiger partial charge in [0.1, 0.15) is 11.5 Å². The summed E-state index contributed by atoms with van der Waals surface area (Å²) in [6.07, 6.45) is 0.894. The smallest absolute Gasteiger partial charge is 0.105 e. The maximum atomic E-state index is 8.61. The summed E-state index contributed by atoms with van der Waals surface area (Å²) in [5.74, 6) is 4.13. The zero-order valence-electron chi connectivity index (χ0n) is 10.1. The van der Waals surface area contributed by atoms with Gasteiger partial charge in [0.05, 0.1) is 0 Å². The average molecular weight is 243 g/mol. The summed E-state index contributed by atoms with van der Waals surface area (Å²) in [7, 11) is 0. The van der Waals surface area contributed by atoms with E-state index in [0.29, 0.717) is 6.61 Å². The molecule has 0 aliphatic carbocycles. The minimum atomic E-state index is 0.300. The van der Waals surface area contributed by atoms with Gasteiger partial charge in [-0.15, -0.1) is 0 Å². The number of rotatable bonds is 8. The number of thioether (sulfide) groups is 1. The van der Waals surface area contributed by atoms with E-state index in [0.717, 1.165) is 42.5 Å². The van der Waals surface area contributed by atoms with Crippen molar-refractivity contribution in [2.45, 2.75) is 26.8 Å². The molecule has 0 aliphatic heterocycles. The van der Waals surface area contributed by atoms with Crippen molar-refractivity contribution in [3.63, 3.8) is 0 Å². The molecule has 2 N–H and O–H groups in total. The third kappa shape index (κ3) is 5.05. The first kappa shape index (κ1) is 13.6. The highest BCUT2D eigenvalue weighted by Gasteiger charge is 2.02. The van der Waals surface area contributed by atoms with Crippen LogP contribution in [0.3, 0.4) is 0 Å². The van der Waals surface area contributed by atoms with E-state index >= 15 is 0 Å². The van der Waals surface area contributed by atoms with Crippen molar-refractivity contribution >= 4 is 11.8 Å². The Morgan fingerprint density at radius 3 is 2.81 bits per heavy atom. The Balaban J connectivity index is 2.05. The molecule has 0 aliphatic rings. The van der Waals surface area contributed by atoms with Gasteiger partial charge in [0.25, 0.3) is 0 Å². The topological polar surface area (TPSA) is 45.4 Å². The van der Waals surface area contributed by atoms with Crippen LogP contribution in [0.2, 0.25) is 0 Å². The number of hydrogen-bond acceptors (Lipinski definition) is 4. The molecule has 1 aromatic rings. The molecular formula is C12H21NO2S. The fraction of sp³-hybridized carbons (Fsp3) is 0.667. The van der Waals surface area contributed by atoms with Gasteiger partial charge in [0.15, 0.2) is 0 Å².